The molecule has 1 rings (SSSR count). The van der Waals surface area contributed by atoms with E-state index in [1.807, 2.05) is 13.8 Å². The van der Waals surface area contributed by atoms with E-state index in [1.165, 1.54) is 12.5 Å². The van der Waals surface area contributed by atoms with Crippen LogP contribution in [0.2, 0.25) is 0 Å². The minimum absolute atomic E-state index is 0.108. The van der Waals surface area contributed by atoms with Crippen LogP contribution in [0.15, 0.2) is 12.5 Å². The van der Waals surface area contributed by atoms with Gasteiger partial charge in [0.1, 0.15) is 18.1 Å². The van der Waals surface area contributed by atoms with E-state index in [4.69, 9.17) is 17.2 Å². The van der Waals surface area contributed by atoms with Gasteiger partial charge in [-0.25, -0.2) is 9.78 Å². The topological polar surface area (TPSA) is 265 Å². The van der Waals surface area contributed by atoms with Crippen LogP contribution < -0.4 is 33.2 Å². The number of nitrogens with one attached hydrogen (secondary N) is 4. The predicted octanol–water partition coefficient (Wildman–Crippen LogP) is -2.60. The van der Waals surface area contributed by atoms with Crippen molar-refractivity contribution in [3.8, 4) is 0 Å². The molecule has 0 aromatic carbocycles. The summed E-state index contributed by atoms with van der Waals surface area (Å²) >= 11 is 0. The van der Waals surface area contributed by atoms with Crippen LogP contribution in [0.25, 0.3) is 0 Å². The van der Waals surface area contributed by atoms with E-state index in [0.29, 0.717) is 12.1 Å². The molecule has 37 heavy (non-hydrogen) atoms. The van der Waals surface area contributed by atoms with Gasteiger partial charge in [-0.1, -0.05) is 13.8 Å². The van der Waals surface area contributed by atoms with Crippen LogP contribution in [0.5, 0.6) is 0 Å². The average Bonchev–Trinajstić information content (AvgIpc) is 3.30. The number of rotatable bonds is 17. The van der Waals surface area contributed by atoms with E-state index in [0.717, 1.165) is 0 Å². The molecule has 0 aliphatic rings. The SMILES string of the molecule is CC(C)CC(N)C(=O)NC(CCC(N)=O)C(=O)NC(Cc1cnc[nH]1)C(=O)NC(CCC(N)=O)C(=O)O. The number of amides is 5. The lowest BCUT2D eigenvalue weighted by Crippen LogP contribution is -2.57. The number of primary amides is 2. The fourth-order valence-electron chi connectivity index (χ4n) is 3.36. The molecule has 0 spiro atoms. The van der Waals surface area contributed by atoms with Gasteiger partial charge < -0.3 is 43.2 Å². The second-order valence-corrected chi connectivity index (χ2v) is 9.05. The molecule has 0 saturated carbocycles. The Bertz CT molecular complexity index is 951. The van der Waals surface area contributed by atoms with Crippen molar-refractivity contribution >= 4 is 35.5 Å². The van der Waals surface area contributed by atoms with Crippen LogP contribution in [0.3, 0.4) is 0 Å². The van der Waals surface area contributed by atoms with Gasteiger partial charge >= 0.3 is 5.97 Å². The summed E-state index contributed by atoms with van der Waals surface area (Å²) in [6, 6.07) is -4.91. The molecule has 11 N–H and O–H groups in total. The molecule has 15 nitrogen and oxygen atoms in total. The number of carbonyl (C=O) groups excluding carboxylic acids is 5. The molecule has 0 saturated heterocycles. The van der Waals surface area contributed by atoms with Crippen LogP contribution in [0, 0.1) is 5.92 Å². The molecular weight excluding hydrogens is 488 g/mol. The van der Waals surface area contributed by atoms with Gasteiger partial charge in [-0.2, -0.15) is 0 Å². The quantitative estimate of drug-likeness (QED) is 0.106. The first kappa shape index (κ1) is 31.0. The number of imidazole rings is 1. The van der Waals surface area contributed by atoms with Crippen molar-refractivity contribution in [1.29, 1.82) is 0 Å². The molecule has 5 amide bonds. The lowest BCUT2D eigenvalue weighted by Gasteiger charge is -2.25. The third-order valence-corrected chi connectivity index (χ3v) is 5.28. The summed E-state index contributed by atoms with van der Waals surface area (Å²) in [5.41, 5.74) is 16.6. The lowest BCUT2D eigenvalue weighted by molar-refractivity contribution is -0.142. The van der Waals surface area contributed by atoms with Gasteiger partial charge in [-0.15, -0.1) is 0 Å². The molecule has 15 heteroatoms. The molecule has 0 fully saturated rings. The van der Waals surface area contributed by atoms with Crippen molar-refractivity contribution in [3.05, 3.63) is 18.2 Å². The Morgan fingerprint density at radius 2 is 1.41 bits per heavy atom. The first-order valence-electron chi connectivity index (χ1n) is 11.7. The van der Waals surface area contributed by atoms with Crippen LogP contribution in [-0.4, -0.2) is 74.7 Å². The zero-order valence-electron chi connectivity index (χ0n) is 20.9. The lowest BCUT2D eigenvalue weighted by atomic mass is 10.0. The number of nitrogens with two attached hydrogens (primary N) is 3. The van der Waals surface area contributed by atoms with E-state index in [2.05, 4.69) is 25.9 Å². The van der Waals surface area contributed by atoms with Crippen molar-refractivity contribution < 1.29 is 33.9 Å². The fraction of sp³-hybridized carbons (Fsp3) is 0.591. The highest BCUT2D eigenvalue weighted by atomic mass is 16.4. The van der Waals surface area contributed by atoms with Crippen LogP contribution in [0.1, 0.15) is 51.6 Å². The smallest absolute Gasteiger partial charge is 0.326 e. The summed E-state index contributed by atoms with van der Waals surface area (Å²) in [7, 11) is 0. The number of hydrogen-bond acceptors (Lipinski definition) is 8. The Kier molecular flexibility index (Phi) is 12.7. The van der Waals surface area contributed by atoms with Gasteiger partial charge in [-0.05, 0) is 25.2 Å². The maximum atomic E-state index is 13.1. The molecule has 0 radical (unpaired) electrons. The van der Waals surface area contributed by atoms with E-state index in [-0.39, 0.29) is 38.0 Å². The number of carboxylic acid groups (broad SMARTS) is 1. The van der Waals surface area contributed by atoms with Crippen LogP contribution >= 0.6 is 0 Å². The van der Waals surface area contributed by atoms with E-state index >= 15 is 0 Å². The zero-order valence-corrected chi connectivity index (χ0v) is 20.9. The Labute approximate surface area is 213 Å². The first-order valence-corrected chi connectivity index (χ1v) is 11.7. The van der Waals surface area contributed by atoms with Gasteiger partial charge in [0.2, 0.25) is 29.5 Å². The number of hydrogen-bond donors (Lipinski definition) is 8. The fourth-order valence-corrected chi connectivity index (χ4v) is 3.36. The molecule has 206 valence electrons. The van der Waals surface area contributed by atoms with Crippen molar-refractivity contribution in [2.45, 2.75) is 76.5 Å². The summed E-state index contributed by atoms with van der Waals surface area (Å²) in [5, 5.41) is 16.7. The molecule has 1 heterocycles. The Morgan fingerprint density at radius 1 is 0.892 bits per heavy atom. The molecule has 0 aliphatic carbocycles. The summed E-state index contributed by atoms with van der Waals surface area (Å²) in [6.07, 6.45) is 2.07. The predicted molar refractivity (Wildman–Crippen MR) is 130 cm³/mol. The van der Waals surface area contributed by atoms with E-state index in [9.17, 15) is 33.9 Å². The number of carbonyl (C=O) groups is 6. The van der Waals surface area contributed by atoms with Crippen molar-refractivity contribution in [2.75, 3.05) is 0 Å². The maximum Gasteiger partial charge on any atom is 0.326 e. The van der Waals surface area contributed by atoms with Crippen molar-refractivity contribution in [3.63, 3.8) is 0 Å². The maximum absolute atomic E-state index is 13.1. The highest BCUT2D eigenvalue weighted by Crippen LogP contribution is 2.07. The number of carboxylic acids is 1. The minimum Gasteiger partial charge on any atom is -0.480 e. The third-order valence-electron chi connectivity index (χ3n) is 5.28. The molecule has 0 bridgehead atoms. The summed E-state index contributed by atoms with van der Waals surface area (Å²) in [5.74, 6) is -5.03. The highest BCUT2D eigenvalue weighted by Gasteiger charge is 2.31. The van der Waals surface area contributed by atoms with Crippen LogP contribution in [-0.2, 0) is 35.2 Å². The van der Waals surface area contributed by atoms with Crippen molar-refractivity contribution in [1.82, 2.24) is 25.9 Å². The molecular formula is C22H36N8O7. The number of aromatic amines is 1. The molecule has 1 aromatic rings. The third kappa shape index (κ3) is 12.0. The molecule has 1 aromatic heterocycles. The summed E-state index contributed by atoms with van der Waals surface area (Å²) in [4.78, 5) is 79.2. The second kappa shape index (κ2) is 15.2. The number of aromatic nitrogens is 2. The number of nitrogens with zero attached hydrogens (tertiary/aromatic N) is 1. The normalized spacial score (nSPS) is 14.2. The van der Waals surface area contributed by atoms with Gasteiger partial charge in [0.05, 0.1) is 12.4 Å². The van der Waals surface area contributed by atoms with E-state index < -0.39 is 59.7 Å². The number of H-pyrrole nitrogens is 1. The summed E-state index contributed by atoms with van der Waals surface area (Å²) < 4.78 is 0. The van der Waals surface area contributed by atoms with E-state index in [1.54, 1.807) is 0 Å². The molecule has 4 atom stereocenters. The van der Waals surface area contributed by atoms with Gasteiger partial charge in [-0.3, -0.25) is 24.0 Å². The minimum atomic E-state index is -1.44. The Balaban J connectivity index is 3.08. The first-order chi connectivity index (χ1) is 17.3. The van der Waals surface area contributed by atoms with Gasteiger partial charge in [0.15, 0.2) is 0 Å². The standard InChI is InChI=1S/C22H36N8O7/c1-11(2)7-13(23)19(33)28-14(3-5-17(24)31)20(34)30-16(8-12-9-26-10-27-12)21(35)29-15(22(36)37)4-6-18(25)32/h9-11,13-16H,3-8,23H2,1-2H3,(H2,24,31)(H2,25,32)(H,26,27)(H,28,33)(H,29,35)(H,30,34)(H,36,37). The monoisotopic (exact) mass is 524 g/mol. The average molecular weight is 525 g/mol. The van der Waals surface area contributed by atoms with Gasteiger partial charge in [0.25, 0.3) is 0 Å². The zero-order chi connectivity index (χ0) is 28.1. The Hall–Kier alpha value is -4.01. The van der Waals surface area contributed by atoms with Crippen molar-refractivity contribution in [2.24, 2.45) is 23.1 Å². The summed E-state index contributed by atoms with van der Waals surface area (Å²) in [6.45, 7) is 3.74. The van der Waals surface area contributed by atoms with Gasteiger partial charge in [0, 0.05) is 31.2 Å². The molecule has 0 aliphatic heterocycles. The second-order valence-electron chi connectivity index (χ2n) is 9.05. The highest BCUT2D eigenvalue weighted by molar-refractivity contribution is 5.94. The van der Waals surface area contributed by atoms with Crippen LogP contribution in [0.4, 0.5) is 0 Å². The largest absolute Gasteiger partial charge is 0.480 e. The Morgan fingerprint density at radius 3 is 1.89 bits per heavy atom. The number of aliphatic carboxylic acids is 1. The molecule has 4 unspecified atom stereocenters.